The van der Waals surface area contributed by atoms with Gasteiger partial charge in [0.15, 0.2) is 11.0 Å². The number of thioether (sulfide) groups is 1. The van der Waals surface area contributed by atoms with E-state index in [4.69, 9.17) is 8.83 Å². The molecule has 0 radical (unpaired) electrons. The Hall–Kier alpha value is -2.48. The molecule has 7 nitrogen and oxygen atoms in total. The molecule has 8 heteroatoms. The smallest absolute Gasteiger partial charge is 0.230 e. The van der Waals surface area contributed by atoms with Crippen LogP contribution >= 0.6 is 11.8 Å². The second-order valence-electron chi connectivity index (χ2n) is 6.70. The van der Waals surface area contributed by atoms with Crippen LogP contribution in [0.3, 0.4) is 0 Å². The van der Waals surface area contributed by atoms with E-state index in [1.54, 1.807) is 12.5 Å². The SMILES string of the molecule is Cc1occc1-c1nnc(SCC(=O)NC2CCCC2)n1Cc1ccco1. The van der Waals surface area contributed by atoms with Gasteiger partial charge in [-0.15, -0.1) is 10.2 Å². The van der Waals surface area contributed by atoms with Gasteiger partial charge in [0.05, 0.1) is 30.4 Å². The fraction of sp³-hybridized carbons (Fsp3) is 0.421. The second kappa shape index (κ2) is 8.04. The van der Waals surface area contributed by atoms with Gasteiger partial charge in [-0.05, 0) is 38.0 Å². The van der Waals surface area contributed by atoms with Gasteiger partial charge in [0, 0.05) is 6.04 Å². The van der Waals surface area contributed by atoms with Crippen molar-refractivity contribution in [2.24, 2.45) is 0 Å². The summed E-state index contributed by atoms with van der Waals surface area (Å²) in [5.74, 6) is 2.64. The Morgan fingerprint density at radius 3 is 2.81 bits per heavy atom. The maximum absolute atomic E-state index is 12.3. The lowest BCUT2D eigenvalue weighted by molar-refractivity contribution is -0.119. The lowest BCUT2D eigenvalue weighted by Gasteiger charge is -2.12. The standard InChI is InChI=1S/C19H22N4O3S/c1-13-16(8-10-25-13)18-21-22-19(23(18)11-15-7-4-9-26-15)27-12-17(24)20-14-5-2-3-6-14/h4,7-10,14H,2-3,5-6,11-12H2,1H3,(H,20,24). The van der Waals surface area contributed by atoms with E-state index in [0.29, 0.717) is 29.3 Å². The first-order chi connectivity index (χ1) is 13.2. The van der Waals surface area contributed by atoms with Gasteiger partial charge in [-0.2, -0.15) is 0 Å². The van der Waals surface area contributed by atoms with Crippen LogP contribution in [-0.4, -0.2) is 32.5 Å². The molecule has 3 heterocycles. The number of carbonyl (C=O) groups is 1. The van der Waals surface area contributed by atoms with Crippen LogP contribution in [0.4, 0.5) is 0 Å². The first kappa shape index (κ1) is 17.9. The molecule has 0 unspecified atom stereocenters. The first-order valence-corrected chi connectivity index (χ1v) is 10.1. The van der Waals surface area contributed by atoms with Crippen LogP contribution in [0.25, 0.3) is 11.4 Å². The normalized spacial score (nSPS) is 14.7. The van der Waals surface area contributed by atoms with Crippen molar-refractivity contribution < 1.29 is 13.6 Å². The summed E-state index contributed by atoms with van der Waals surface area (Å²) in [6.45, 7) is 2.38. The highest BCUT2D eigenvalue weighted by molar-refractivity contribution is 7.99. The number of furan rings is 2. The minimum atomic E-state index is 0.0421. The minimum absolute atomic E-state index is 0.0421. The van der Waals surface area contributed by atoms with Gasteiger partial charge in [0.2, 0.25) is 5.91 Å². The summed E-state index contributed by atoms with van der Waals surface area (Å²) in [4.78, 5) is 12.3. The van der Waals surface area contributed by atoms with Crippen LogP contribution in [0.15, 0.2) is 44.7 Å². The Labute approximate surface area is 161 Å². The molecule has 1 fully saturated rings. The van der Waals surface area contributed by atoms with Crippen LogP contribution in [0.1, 0.15) is 37.2 Å². The molecule has 0 saturated heterocycles. The average Bonchev–Trinajstić information content (AvgIpc) is 3.42. The molecule has 3 aromatic rings. The molecule has 0 aromatic carbocycles. The molecular formula is C19H22N4O3S. The molecule has 0 aliphatic heterocycles. The lowest BCUT2D eigenvalue weighted by Crippen LogP contribution is -2.33. The summed E-state index contributed by atoms with van der Waals surface area (Å²) in [5, 5.41) is 12.4. The molecule has 0 atom stereocenters. The molecule has 0 bridgehead atoms. The van der Waals surface area contributed by atoms with E-state index >= 15 is 0 Å². The van der Waals surface area contributed by atoms with Crippen LogP contribution in [0.2, 0.25) is 0 Å². The third-order valence-corrected chi connectivity index (χ3v) is 5.73. The molecular weight excluding hydrogens is 364 g/mol. The number of amides is 1. The number of hydrogen-bond acceptors (Lipinski definition) is 6. The van der Waals surface area contributed by atoms with Gasteiger partial charge in [0.25, 0.3) is 0 Å². The summed E-state index contributed by atoms with van der Waals surface area (Å²) in [6.07, 6.45) is 7.83. The Morgan fingerprint density at radius 1 is 1.26 bits per heavy atom. The van der Waals surface area contributed by atoms with Crippen molar-refractivity contribution in [2.75, 3.05) is 5.75 Å². The molecule has 1 N–H and O–H groups in total. The van der Waals surface area contributed by atoms with Gasteiger partial charge >= 0.3 is 0 Å². The molecule has 1 amide bonds. The second-order valence-corrected chi connectivity index (χ2v) is 7.64. The van der Waals surface area contributed by atoms with Gasteiger partial charge in [-0.1, -0.05) is 24.6 Å². The van der Waals surface area contributed by atoms with Gasteiger partial charge in [0.1, 0.15) is 11.5 Å². The summed E-state index contributed by atoms with van der Waals surface area (Å²) in [6, 6.07) is 5.96. The third-order valence-electron chi connectivity index (χ3n) is 4.76. The van der Waals surface area contributed by atoms with Crippen molar-refractivity contribution in [1.82, 2.24) is 20.1 Å². The number of nitrogens with zero attached hydrogens (tertiary/aromatic N) is 3. The van der Waals surface area contributed by atoms with E-state index in [1.807, 2.05) is 29.7 Å². The molecule has 3 aromatic heterocycles. The summed E-state index contributed by atoms with van der Waals surface area (Å²) >= 11 is 1.39. The Balaban J connectivity index is 1.52. The molecule has 1 aliphatic rings. The van der Waals surface area contributed by atoms with E-state index in [-0.39, 0.29) is 5.91 Å². The van der Waals surface area contributed by atoms with Crippen LogP contribution in [-0.2, 0) is 11.3 Å². The van der Waals surface area contributed by atoms with E-state index in [9.17, 15) is 4.79 Å². The highest BCUT2D eigenvalue weighted by atomic mass is 32.2. The number of aromatic nitrogens is 3. The van der Waals surface area contributed by atoms with Crippen LogP contribution < -0.4 is 5.32 Å². The predicted octanol–water partition coefficient (Wildman–Crippen LogP) is 3.64. The average molecular weight is 386 g/mol. The van der Waals surface area contributed by atoms with Crippen molar-refractivity contribution >= 4 is 17.7 Å². The molecule has 4 rings (SSSR count). The quantitative estimate of drug-likeness (QED) is 0.624. The zero-order valence-corrected chi connectivity index (χ0v) is 16.0. The zero-order chi connectivity index (χ0) is 18.6. The van der Waals surface area contributed by atoms with Crippen LogP contribution in [0.5, 0.6) is 0 Å². The van der Waals surface area contributed by atoms with Crippen molar-refractivity contribution in [1.29, 1.82) is 0 Å². The molecule has 1 aliphatic carbocycles. The van der Waals surface area contributed by atoms with E-state index in [2.05, 4.69) is 15.5 Å². The fourth-order valence-electron chi connectivity index (χ4n) is 3.38. The summed E-state index contributed by atoms with van der Waals surface area (Å²) in [7, 11) is 0. The lowest BCUT2D eigenvalue weighted by atomic mass is 10.2. The molecule has 142 valence electrons. The third kappa shape index (κ3) is 4.10. The molecule has 0 spiro atoms. The van der Waals surface area contributed by atoms with E-state index in [0.717, 1.165) is 29.9 Å². The maximum Gasteiger partial charge on any atom is 0.230 e. The molecule has 27 heavy (non-hydrogen) atoms. The van der Waals surface area contributed by atoms with Crippen molar-refractivity contribution in [3.05, 3.63) is 42.2 Å². The number of aryl methyl sites for hydroxylation is 1. The highest BCUT2D eigenvalue weighted by Crippen LogP contribution is 2.28. The van der Waals surface area contributed by atoms with Crippen LogP contribution in [0, 0.1) is 6.92 Å². The monoisotopic (exact) mass is 386 g/mol. The van der Waals surface area contributed by atoms with Crippen molar-refractivity contribution in [3.63, 3.8) is 0 Å². The number of hydrogen-bond donors (Lipinski definition) is 1. The maximum atomic E-state index is 12.3. The number of nitrogens with one attached hydrogen (secondary N) is 1. The highest BCUT2D eigenvalue weighted by Gasteiger charge is 2.21. The Kier molecular flexibility index (Phi) is 5.33. The van der Waals surface area contributed by atoms with E-state index < -0.39 is 0 Å². The largest absolute Gasteiger partial charge is 0.469 e. The van der Waals surface area contributed by atoms with Crippen molar-refractivity contribution in [2.45, 2.75) is 50.4 Å². The Bertz CT molecular complexity index is 894. The number of carbonyl (C=O) groups excluding carboxylic acids is 1. The zero-order valence-electron chi connectivity index (χ0n) is 15.2. The first-order valence-electron chi connectivity index (χ1n) is 9.13. The predicted molar refractivity (Wildman–Crippen MR) is 101 cm³/mol. The molecule has 1 saturated carbocycles. The van der Waals surface area contributed by atoms with Gasteiger partial charge < -0.3 is 14.2 Å². The topological polar surface area (TPSA) is 86.1 Å². The fourth-order valence-corrected chi connectivity index (χ4v) is 4.13. The van der Waals surface area contributed by atoms with Crippen molar-refractivity contribution in [3.8, 4) is 11.4 Å². The summed E-state index contributed by atoms with van der Waals surface area (Å²) < 4.78 is 12.9. The minimum Gasteiger partial charge on any atom is -0.469 e. The number of rotatable bonds is 7. The van der Waals surface area contributed by atoms with E-state index in [1.165, 1.54) is 24.6 Å². The Morgan fingerprint density at radius 2 is 2.11 bits per heavy atom. The van der Waals surface area contributed by atoms with Gasteiger partial charge in [-0.25, -0.2) is 0 Å². The summed E-state index contributed by atoms with van der Waals surface area (Å²) in [5.41, 5.74) is 0.885. The van der Waals surface area contributed by atoms with Gasteiger partial charge in [-0.3, -0.25) is 9.36 Å².